The van der Waals surface area contributed by atoms with Crippen molar-refractivity contribution in [2.75, 3.05) is 0 Å². The highest BCUT2D eigenvalue weighted by atomic mass is 15.2. The molecule has 0 aromatic rings. The third-order valence-electron chi connectivity index (χ3n) is 2.63. The van der Waals surface area contributed by atoms with E-state index in [1.54, 1.807) is 0 Å². The second-order valence-corrected chi connectivity index (χ2v) is 3.85. The molecule has 0 bridgehead atoms. The number of nitrogens with two attached hydrogens (primary N) is 1. The Balaban J connectivity index is 3.99. The maximum Gasteiger partial charge on any atom is 0.0261 e. The fraction of sp³-hybridized carbons (Fsp3) is 1.00. The van der Waals surface area contributed by atoms with E-state index in [2.05, 4.69) is 33.1 Å². The Kier molecular flexibility index (Phi) is 4.69. The predicted molar refractivity (Wildman–Crippen MR) is 50.1 cm³/mol. The van der Waals surface area contributed by atoms with Gasteiger partial charge in [0.15, 0.2) is 0 Å². The summed E-state index contributed by atoms with van der Waals surface area (Å²) in [4.78, 5) is 0. The average molecular weight is 158 g/mol. The molecule has 0 amide bonds. The van der Waals surface area contributed by atoms with E-state index in [0.29, 0.717) is 11.5 Å². The van der Waals surface area contributed by atoms with Crippen LogP contribution in [-0.4, -0.2) is 6.04 Å². The summed E-state index contributed by atoms with van der Waals surface area (Å²) < 4.78 is 0. The Morgan fingerprint density at radius 2 is 1.91 bits per heavy atom. The molecule has 1 atom stereocenters. The molecule has 0 saturated carbocycles. The van der Waals surface area contributed by atoms with Gasteiger partial charge in [-0.2, -0.15) is 0 Å². The first-order valence-corrected chi connectivity index (χ1v) is 4.54. The predicted octanol–water partition coefficient (Wildman–Crippen LogP) is 2.05. The largest absolute Gasteiger partial charge is 0.271 e. The third-order valence-corrected chi connectivity index (χ3v) is 2.63. The van der Waals surface area contributed by atoms with Crippen LogP contribution in [0.5, 0.6) is 0 Å². The van der Waals surface area contributed by atoms with Gasteiger partial charge in [0.1, 0.15) is 0 Å². The van der Waals surface area contributed by atoms with Gasteiger partial charge in [0.2, 0.25) is 0 Å². The van der Waals surface area contributed by atoms with Crippen LogP contribution in [0.4, 0.5) is 0 Å². The molecule has 0 fully saturated rings. The molecule has 3 N–H and O–H groups in total. The summed E-state index contributed by atoms with van der Waals surface area (Å²) in [6, 6.07) is 0.456. The Hall–Kier alpha value is -0.0800. The van der Waals surface area contributed by atoms with Crippen molar-refractivity contribution in [3.63, 3.8) is 0 Å². The van der Waals surface area contributed by atoms with Gasteiger partial charge in [-0.1, -0.05) is 34.1 Å². The fourth-order valence-electron chi connectivity index (χ4n) is 1.23. The number of hydrogen-bond donors (Lipinski definition) is 2. The Morgan fingerprint density at radius 1 is 1.36 bits per heavy atom. The first-order chi connectivity index (χ1) is 5.08. The highest BCUT2D eigenvalue weighted by Crippen LogP contribution is 2.26. The Morgan fingerprint density at radius 3 is 2.18 bits per heavy atom. The van der Waals surface area contributed by atoms with Gasteiger partial charge < -0.3 is 0 Å². The molecule has 68 valence electrons. The van der Waals surface area contributed by atoms with Gasteiger partial charge >= 0.3 is 0 Å². The molecule has 2 heteroatoms. The van der Waals surface area contributed by atoms with Crippen LogP contribution < -0.4 is 11.3 Å². The van der Waals surface area contributed by atoms with Crippen molar-refractivity contribution in [1.82, 2.24) is 5.43 Å². The summed E-state index contributed by atoms with van der Waals surface area (Å²) in [5, 5.41) is 0. The molecule has 0 spiro atoms. The second kappa shape index (κ2) is 4.73. The molecule has 0 aromatic carbocycles. The van der Waals surface area contributed by atoms with Crippen molar-refractivity contribution in [2.45, 2.75) is 53.0 Å². The van der Waals surface area contributed by atoms with Gasteiger partial charge in [-0.25, -0.2) is 0 Å². The lowest BCUT2D eigenvalue weighted by Crippen LogP contribution is -2.45. The maximum absolute atomic E-state index is 5.47. The van der Waals surface area contributed by atoms with Crippen LogP contribution >= 0.6 is 0 Å². The standard InChI is InChI=1S/C9H22N2/c1-5-7-8(11-10)9(3,4)6-2/h8,11H,5-7,10H2,1-4H3. The zero-order valence-electron chi connectivity index (χ0n) is 8.28. The van der Waals surface area contributed by atoms with Crippen molar-refractivity contribution in [1.29, 1.82) is 0 Å². The molecule has 0 aliphatic heterocycles. The summed E-state index contributed by atoms with van der Waals surface area (Å²) >= 11 is 0. The first-order valence-electron chi connectivity index (χ1n) is 4.54. The summed E-state index contributed by atoms with van der Waals surface area (Å²) in [5.41, 5.74) is 3.22. The number of nitrogens with one attached hydrogen (secondary N) is 1. The second-order valence-electron chi connectivity index (χ2n) is 3.85. The molecule has 0 saturated heterocycles. The number of hydrogen-bond acceptors (Lipinski definition) is 2. The van der Waals surface area contributed by atoms with Gasteiger partial charge in [-0.3, -0.25) is 11.3 Å². The zero-order valence-corrected chi connectivity index (χ0v) is 8.28. The van der Waals surface area contributed by atoms with Crippen molar-refractivity contribution in [2.24, 2.45) is 11.3 Å². The minimum absolute atomic E-state index is 0.324. The molecule has 0 aliphatic rings. The molecule has 0 aromatic heterocycles. The van der Waals surface area contributed by atoms with Crippen LogP contribution in [-0.2, 0) is 0 Å². The minimum Gasteiger partial charge on any atom is -0.271 e. The number of hydrazine groups is 1. The third kappa shape index (κ3) is 3.21. The van der Waals surface area contributed by atoms with Crippen molar-refractivity contribution >= 4 is 0 Å². The molecule has 0 aliphatic carbocycles. The molecule has 0 heterocycles. The monoisotopic (exact) mass is 158 g/mol. The van der Waals surface area contributed by atoms with E-state index < -0.39 is 0 Å². The van der Waals surface area contributed by atoms with E-state index >= 15 is 0 Å². The van der Waals surface area contributed by atoms with E-state index in [1.165, 1.54) is 12.8 Å². The normalized spacial score (nSPS) is 15.0. The Bertz CT molecular complexity index is 99.7. The van der Waals surface area contributed by atoms with E-state index in [4.69, 9.17) is 5.84 Å². The van der Waals surface area contributed by atoms with Crippen LogP contribution in [0, 0.1) is 5.41 Å². The van der Waals surface area contributed by atoms with Crippen LogP contribution in [0.1, 0.15) is 47.0 Å². The average Bonchev–Trinajstić information content (AvgIpc) is 2.00. The summed E-state index contributed by atoms with van der Waals surface area (Å²) in [6.07, 6.45) is 3.53. The topological polar surface area (TPSA) is 38.0 Å². The quantitative estimate of drug-likeness (QED) is 0.475. The highest BCUT2D eigenvalue weighted by molar-refractivity contribution is 4.80. The van der Waals surface area contributed by atoms with E-state index in [0.717, 1.165) is 6.42 Å². The summed E-state index contributed by atoms with van der Waals surface area (Å²) in [6.45, 7) is 8.91. The van der Waals surface area contributed by atoms with E-state index in [1.807, 2.05) is 0 Å². The molecule has 2 nitrogen and oxygen atoms in total. The first kappa shape index (κ1) is 10.9. The van der Waals surface area contributed by atoms with Gasteiger partial charge in [0.05, 0.1) is 0 Å². The van der Waals surface area contributed by atoms with Crippen molar-refractivity contribution in [3.8, 4) is 0 Å². The molecule has 0 rings (SSSR count). The number of rotatable bonds is 5. The maximum atomic E-state index is 5.47. The molecular formula is C9H22N2. The summed E-state index contributed by atoms with van der Waals surface area (Å²) in [7, 11) is 0. The molecule has 11 heavy (non-hydrogen) atoms. The van der Waals surface area contributed by atoms with Gasteiger partial charge in [0, 0.05) is 6.04 Å². The smallest absolute Gasteiger partial charge is 0.0261 e. The SMILES string of the molecule is CCCC(NN)C(C)(C)CC. The Labute approximate surface area is 70.5 Å². The minimum atomic E-state index is 0.324. The molecular weight excluding hydrogens is 136 g/mol. The van der Waals surface area contributed by atoms with Crippen molar-refractivity contribution < 1.29 is 0 Å². The van der Waals surface area contributed by atoms with E-state index in [9.17, 15) is 0 Å². The van der Waals surface area contributed by atoms with Crippen LogP contribution in [0.3, 0.4) is 0 Å². The highest BCUT2D eigenvalue weighted by Gasteiger charge is 2.25. The summed E-state index contributed by atoms with van der Waals surface area (Å²) in [5.74, 6) is 5.47. The van der Waals surface area contributed by atoms with Crippen LogP contribution in [0.25, 0.3) is 0 Å². The zero-order chi connectivity index (χ0) is 8.91. The van der Waals surface area contributed by atoms with E-state index in [-0.39, 0.29) is 0 Å². The van der Waals surface area contributed by atoms with Gasteiger partial charge in [-0.15, -0.1) is 0 Å². The lowest BCUT2D eigenvalue weighted by Gasteiger charge is -2.32. The van der Waals surface area contributed by atoms with Crippen LogP contribution in [0.2, 0.25) is 0 Å². The lowest BCUT2D eigenvalue weighted by molar-refractivity contribution is 0.220. The molecule has 1 unspecified atom stereocenters. The fourth-order valence-corrected chi connectivity index (χ4v) is 1.23. The lowest BCUT2D eigenvalue weighted by atomic mass is 9.80. The van der Waals surface area contributed by atoms with Gasteiger partial charge in [-0.05, 0) is 18.3 Å². The van der Waals surface area contributed by atoms with Crippen LogP contribution in [0.15, 0.2) is 0 Å². The van der Waals surface area contributed by atoms with Crippen molar-refractivity contribution in [3.05, 3.63) is 0 Å². The van der Waals surface area contributed by atoms with Gasteiger partial charge in [0.25, 0.3) is 0 Å². The molecule has 0 radical (unpaired) electrons.